The lowest BCUT2D eigenvalue weighted by Gasteiger charge is -2.48. The second-order valence-electron chi connectivity index (χ2n) is 9.22. The Bertz CT molecular complexity index is 1260. The highest BCUT2D eigenvalue weighted by atomic mass is 35.5. The van der Waals surface area contributed by atoms with Crippen LogP contribution in [0.15, 0.2) is 41.2 Å². The van der Waals surface area contributed by atoms with Crippen LogP contribution in [0.4, 0.5) is 19.0 Å². The van der Waals surface area contributed by atoms with Gasteiger partial charge in [0.1, 0.15) is 10.7 Å². The third-order valence-electron chi connectivity index (χ3n) is 6.90. The molecule has 0 N–H and O–H groups in total. The molecule has 188 valence electrons. The maximum absolute atomic E-state index is 13.0. The number of aryl methyl sites for hydroxylation is 1. The van der Waals surface area contributed by atoms with Crippen molar-refractivity contribution in [2.75, 3.05) is 18.0 Å². The average molecular weight is 508 g/mol. The molecule has 35 heavy (non-hydrogen) atoms. The van der Waals surface area contributed by atoms with Gasteiger partial charge in [-0.05, 0) is 50.1 Å². The van der Waals surface area contributed by atoms with E-state index in [4.69, 9.17) is 11.6 Å². The van der Waals surface area contributed by atoms with Gasteiger partial charge in [-0.3, -0.25) is 9.47 Å². The lowest BCUT2D eigenvalue weighted by molar-refractivity contribution is -0.137. The number of alkyl halides is 3. The Hall–Kier alpha value is -2.65. The van der Waals surface area contributed by atoms with Crippen molar-refractivity contribution in [3.63, 3.8) is 0 Å². The third kappa shape index (κ3) is 5.02. The molecule has 3 aromatic rings. The molecule has 1 aromatic carbocycles. The summed E-state index contributed by atoms with van der Waals surface area (Å²) in [5.74, 6) is 0.515. The predicted molar refractivity (Wildman–Crippen MR) is 132 cm³/mol. The standard InChI is InChI=1S/C25H29ClF3N5O/c1-5-6-19-14-33(23-22-20(11-12-21(26)30-22)32(4)24(35)31-23)15(2)13-34(19)16(3)17-7-9-18(10-8-17)25(27,28)29/h7-12,15-16,19H,5-6,13-14H2,1-4H3/t15?,16?,19-/m1/s1. The Labute approximate surface area is 207 Å². The fraction of sp³-hybridized carbons (Fsp3) is 0.480. The Balaban J connectivity index is 1.67. The molecule has 0 amide bonds. The van der Waals surface area contributed by atoms with E-state index in [9.17, 15) is 18.0 Å². The van der Waals surface area contributed by atoms with Crippen molar-refractivity contribution in [2.45, 2.75) is 57.9 Å². The van der Waals surface area contributed by atoms with Gasteiger partial charge in [0.25, 0.3) is 0 Å². The van der Waals surface area contributed by atoms with E-state index in [2.05, 4.69) is 33.6 Å². The van der Waals surface area contributed by atoms with Crippen LogP contribution in [0.2, 0.25) is 5.15 Å². The molecule has 0 bridgehead atoms. The highest BCUT2D eigenvalue weighted by Gasteiger charge is 2.36. The largest absolute Gasteiger partial charge is 0.416 e. The van der Waals surface area contributed by atoms with E-state index in [0.717, 1.165) is 30.5 Å². The summed E-state index contributed by atoms with van der Waals surface area (Å²) >= 11 is 6.18. The number of rotatable bonds is 5. The second-order valence-corrected chi connectivity index (χ2v) is 9.60. The Morgan fingerprint density at radius 1 is 1.11 bits per heavy atom. The van der Waals surface area contributed by atoms with E-state index >= 15 is 0 Å². The van der Waals surface area contributed by atoms with Gasteiger partial charge in [-0.15, -0.1) is 0 Å². The zero-order chi connectivity index (χ0) is 25.5. The predicted octanol–water partition coefficient (Wildman–Crippen LogP) is 5.44. The molecule has 0 saturated carbocycles. The minimum absolute atomic E-state index is 0.0106. The molecule has 1 aliphatic heterocycles. The van der Waals surface area contributed by atoms with Gasteiger partial charge in [-0.1, -0.05) is 37.1 Å². The molecule has 0 spiro atoms. The Morgan fingerprint density at radius 2 is 1.80 bits per heavy atom. The van der Waals surface area contributed by atoms with Gasteiger partial charge in [0.15, 0.2) is 5.82 Å². The summed E-state index contributed by atoms with van der Waals surface area (Å²) in [6.45, 7) is 7.47. The molecule has 1 saturated heterocycles. The summed E-state index contributed by atoms with van der Waals surface area (Å²) in [7, 11) is 1.66. The summed E-state index contributed by atoms with van der Waals surface area (Å²) in [6, 6.07) is 8.88. The normalized spacial score (nSPS) is 20.4. The SMILES string of the molecule is CCC[C@@H]1CN(c2nc(=O)n(C)c3ccc(Cl)nc23)C(C)CN1C(C)c1ccc(C(F)(F)F)cc1. The van der Waals surface area contributed by atoms with Crippen LogP contribution >= 0.6 is 11.6 Å². The number of hydrogen-bond acceptors (Lipinski definition) is 5. The first-order valence-corrected chi connectivity index (χ1v) is 12.1. The number of nitrogens with zero attached hydrogens (tertiary/aromatic N) is 5. The van der Waals surface area contributed by atoms with E-state index in [1.54, 1.807) is 31.3 Å². The first kappa shape index (κ1) is 25.4. The number of aromatic nitrogens is 3. The summed E-state index contributed by atoms with van der Waals surface area (Å²) < 4.78 is 40.5. The molecule has 3 heterocycles. The van der Waals surface area contributed by atoms with Crippen LogP contribution in [0.3, 0.4) is 0 Å². The van der Waals surface area contributed by atoms with E-state index in [1.165, 1.54) is 4.57 Å². The fourth-order valence-electron chi connectivity index (χ4n) is 4.95. The zero-order valence-corrected chi connectivity index (χ0v) is 20.9. The molecule has 1 aliphatic rings. The number of fused-ring (bicyclic) bond motifs is 1. The molecule has 10 heteroatoms. The van der Waals surface area contributed by atoms with Crippen molar-refractivity contribution in [1.82, 2.24) is 19.4 Å². The van der Waals surface area contributed by atoms with Crippen LogP contribution in [-0.2, 0) is 13.2 Å². The van der Waals surface area contributed by atoms with Gasteiger partial charge in [-0.2, -0.15) is 18.2 Å². The molecule has 4 rings (SSSR count). The molecule has 2 unspecified atom stereocenters. The highest BCUT2D eigenvalue weighted by molar-refractivity contribution is 6.29. The van der Waals surface area contributed by atoms with E-state index < -0.39 is 11.7 Å². The van der Waals surface area contributed by atoms with Crippen molar-refractivity contribution in [2.24, 2.45) is 7.05 Å². The van der Waals surface area contributed by atoms with E-state index in [1.807, 2.05) is 6.92 Å². The summed E-state index contributed by atoms with van der Waals surface area (Å²) in [5, 5.41) is 0.325. The van der Waals surface area contributed by atoms with Gasteiger partial charge in [0, 0.05) is 38.3 Å². The number of piperazine rings is 1. The molecule has 0 aliphatic carbocycles. The van der Waals surface area contributed by atoms with Gasteiger partial charge in [0.2, 0.25) is 0 Å². The number of pyridine rings is 1. The number of benzene rings is 1. The zero-order valence-electron chi connectivity index (χ0n) is 20.2. The van der Waals surface area contributed by atoms with Crippen molar-refractivity contribution < 1.29 is 13.2 Å². The number of anilines is 1. The molecule has 1 fully saturated rings. The minimum Gasteiger partial charge on any atom is -0.349 e. The van der Waals surface area contributed by atoms with Crippen LogP contribution in [-0.4, -0.2) is 44.6 Å². The molecule has 0 radical (unpaired) electrons. The second kappa shape index (κ2) is 9.78. The van der Waals surface area contributed by atoms with Crippen LogP contribution in [0, 0.1) is 0 Å². The highest BCUT2D eigenvalue weighted by Crippen LogP contribution is 2.35. The fourth-order valence-corrected chi connectivity index (χ4v) is 5.10. The molecule has 6 nitrogen and oxygen atoms in total. The first-order valence-electron chi connectivity index (χ1n) is 11.7. The van der Waals surface area contributed by atoms with E-state index in [-0.39, 0.29) is 23.8 Å². The summed E-state index contributed by atoms with van der Waals surface area (Å²) in [4.78, 5) is 25.9. The molecule has 3 atom stereocenters. The van der Waals surface area contributed by atoms with Gasteiger partial charge < -0.3 is 4.90 Å². The quantitative estimate of drug-likeness (QED) is 0.430. The Morgan fingerprint density at radius 3 is 2.43 bits per heavy atom. The van der Waals surface area contributed by atoms with Crippen molar-refractivity contribution in [3.05, 3.63) is 63.2 Å². The molecule has 2 aromatic heterocycles. The number of halogens is 4. The summed E-state index contributed by atoms with van der Waals surface area (Å²) in [5.41, 5.74) is 1.06. The van der Waals surface area contributed by atoms with Crippen molar-refractivity contribution in [3.8, 4) is 0 Å². The van der Waals surface area contributed by atoms with Gasteiger partial charge in [0.05, 0.1) is 11.1 Å². The van der Waals surface area contributed by atoms with Crippen LogP contribution in [0.25, 0.3) is 11.0 Å². The van der Waals surface area contributed by atoms with E-state index in [0.29, 0.717) is 35.1 Å². The minimum atomic E-state index is -4.36. The van der Waals surface area contributed by atoms with Crippen molar-refractivity contribution >= 4 is 28.5 Å². The monoisotopic (exact) mass is 507 g/mol. The smallest absolute Gasteiger partial charge is 0.349 e. The van der Waals surface area contributed by atoms with Crippen LogP contribution in [0.1, 0.15) is 50.8 Å². The first-order chi connectivity index (χ1) is 16.5. The topological polar surface area (TPSA) is 54.3 Å². The van der Waals surface area contributed by atoms with Crippen LogP contribution in [0.5, 0.6) is 0 Å². The molecular formula is C25H29ClF3N5O. The van der Waals surface area contributed by atoms with Crippen LogP contribution < -0.4 is 10.6 Å². The maximum Gasteiger partial charge on any atom is 0.416 e. The lowest BCUT2D eigenvalue weighted by atomic mass is 9.97. The third-order valence-corrected chi connectivity index (χ3v) is 7.11. The van der Waals surface area contributed by atoms with Crippen molar-refractivity contribution in [1.29, 1.82) is 0 Å². The average Bonchev–Trinajstić information content (AvgIpc) is 2.81. The van der Waals surface area contributed by atoms with Gasteiger partial charge in [-0.25, -0.2) is 9.78 Å². The molecular weight excluding hydrogens is 479 g/mol. The van der Waals surface area contributed by atoms with Gasteiger partial charge >= 0.3 is 11.9 Å². The lowest BCUT2D eigenvalue weighted by Crippen LogP contribution is -2.58. The maximum atomic E-state index is 13.0. The number of hydrogen-bond donors (Lipinski definition) is 0. The summed E-state index contributed by atoms with van der Waals surface area (Å²) in [6.07, 6.45) is -2.52. The Kier molecular flexibility index (Phi) is 7.11.